The van der Waals surface area contributed by atoms with Crippen molar-refractivity contribution >= 4 is 33.6 Å². The smallest absolute Gasteiger partial charge is 0.303 e. The number of hydrogen-bond acceptors (Lipinski definition) is 2. The lowest BCUT2D eigenvalue weighted by molar-refractivity contribution is -0.144. The molecule has 0 aromatic heterocycles. The molecule has 2 nitrogen and oxygen atoms in total. The monoisotopic (exact) mass is 352 g/mol. The average molecular weight is 352 g/mol. The van der Waals surface area contributed by atoms with Crippen LogP contribution in [0.25, 0.3) is 27.6 Å². The third-order valence-corrected chi connectivity index (χ3v) is 4.63. The largest absolute Gasteiger partial charge is 0.453 e. The maximum absolute atomic E-state index is 11.6. The Morgan fingerprint density at radius 1 is 0.778 bits per heavy atom. The third kappa shape index (κ3) is 3.90. The minimum absolute atomic E-state index is 0.295. The van der Waals surface area contributed by atoms with E-state index in [-0.39, 0.29) is 5.97 Å². The molecule has 1 atom stereocenters. The molecule has 0 heterocycles. The van der Waals surface area contributed by atoms with Gasteiger partial charge in [0.05, 0.1) is 0 Å². The van der Waals surface area contributed by atoms with Crippen molar-refractivity contribution in [2.45, 2.75) is 13.0 Å². The Bertz CT molecular complexity index is 1140. The highest BCUT2D eigenvalue weighted by molar-refractivity contribution is 5.85. The second-order valence-corrected chi connectivity index (χ2v) is 6.60. The summed E-state index contributed by atoms with van der Waals surface area (Å²) in [6.45, 7) is 1.44. The van der Waals surface area contributed by atoms with Crippen molar-refractivity contribution in [3.05, 3.63) is 102 Å². The summed E-state index contributed by atoms with van der Waals surface area (Å²) in [5.74, 6) is -0.295. The first-order valence-electron chi connectivity index (χ1n) is 9.02. The summed E-state index contributed by atoms with van der Waals surface area (Å²) in [6.07, 6.45) is 3.53. The normalized spacial score (nSPS) is 12.5. The first-order chi connectivity index (χ1) is 13.2. The zero-order valence-corrected chi connectivity index (χ0v) is 15.1. The van der Waals surface area contributed by atoms with Crippen molar-refractivity contribution in [1.82, 2.24) is 0 Å². The van der Waals surface area contributed by atoms with Crippen LogP contribution in [0, 0.1) is 0 Å². The molecule has 0 amide bonds. The van der Waals surface area contributed by atoms with E-state index in [0.717, 1.165) is 16.5 Å². The molecule has 0 aliphatic heterocycles. The molecular formula is C25H20O2. The van der Waals surface area contributed by atoms with Gasteiger partial charge in [-0.2, -0.15) is 0 Å². The number of fused-ring (bicyclic) bond motifs is 2. The molecule has 0 aliphatic carbocycles. The molecular weight excluding hydrogens is 332 g/mol. The van der Waals surface area contributed by atoms with Gasteiger partial charge in [-0.3, -0.25) is 4.79 Å². The predicted octanol–water partition coefficient (Wildman–Crippen LogP) is 6.31. The van der Waals surface area contributed by atoms with E-state index in [1.807, 2.05) is 42.5 Å². The maximum atomic E-state index is 11.6. The van der Waals surface area contributed by atoms with Gasteiger partial charge in [-0.15, -0.1) is 0 Å². The topological polar surface area (TPSA) is 26.3 Å². The average Bonchev–Trinajstić information content (AvgIpc) is 2.70. The van der Waals surface area contributed by atoms with Gasteiger partial charge in [-0.05, 0) is 50.9 Å². The number of carbonyl (C=O) groups is 1. The van der Waals surface area contributed by atoms with Crippen LogP contribution >= 0.6 is 0 Å². The van der Waals surface area contributed by atoms with Crippen molar-refractivity contribution in [2.24, 2.45) is 0 Å². The lowest BCUT2D eigenvalue weighted by Crippen LogP contribution is -2.06. The van der Waals surface area contributed by atoms with Crippen LogP contribution < -0.4 is 0 Å². The lowest BCUT2D eigenvalue weighted by Gasteiger charge is -2.14. The van der Waals surface area contributed by atoms with Gasteiger partial charge in [0, 0.05) is 6.92 Å². The summed E-state index contributed by atoms with van der Waals surface area (Å²) in [5, 5.41) is 4.70. The van der Waals surface area contributed by atoms with Gasteiger partial charge < -0.3 is 4.74 Å². The zero-order valence-electron chi connectivity index (χ0n) is 15.1. The quantitative estimate of drug-likeness (QED) is 0.402. The summed E-state index contributed by atoms with van der Waals surface area (Å²) in [4.78, 5) is 11.6. The Hall–Kier alpha value is -3.39. The molecule has 0 fully saturated rings. The Morgan fingerprint density at radius 2 is 1.37 bits per heavy atom. The molecule has 0 spiro atoms. The fourth-order valence-electron chi connectivity index (χ4n) is 3.29. The van der Waals surface area contributed by atoms with E-state index < -0.39 is 6.10 Å². The van der Waals surface area contributed by atoms with Crippen LogP contribution in [-0.2, 0) is 9.53 Å². The van der Waals surface area contributed by atoms with Crippen molar-refractivity contribution in [1.29, 1.82) is 0 Å². The van der Waals surface area contributed by atoms with E-state index in [2.05, 4.69) is 54.6 Å². The van der Waals surface area contributed by atoms with Crippen LogP contribution in [0.4, 0.5) is 0 Å². The van der Waals surface area contributed by atoms with Crippen molar-refractivity contribution in [3.63, 3.8) is 0 Å². The zero-order chi connectivity index (χ0) is 18.6. The molecule has 2 heteroatoms. The fourth-order valence-corrected chi connectivity index (χ4v) is 3.29. The maximum Gasteiger partial charge on any atom is 0.303 e. The van der Waals surface area contributed by atoms with Gasteiger partial charge in [0.25, 0.3) is 0 Å². The van der Waals surface area contributed by atoms with Crippen LogP contribution in [0.5, 0.6) is 0 Å². The number of hydrogen-bond donors (Lipinski definition) is 0. The molecule has 4 aromatic carbocycles. The Morgan fingerprint density at radius 3 is 2.04 bits per heavy atom. The highest BCUT2D eigenvalue weighted by Crippen LogP contribution is 2.25. The fraction of sp³-hybridized carbons (Fsp3) is 0.0800. The molecule has 4 rings (SSSR count). The van der Waals surface area contributed by atoms with Gasteiger partial charge in [-0.25, -0.2) is 0 Å². The van der Waals surface area contributed by atoms with Crippen LogP contribution in [0.3, 0.4) is 0 Å². The van der Waals surface area contributed by atoms with E-state index in [1.165, 1.54) is 23.1 Å². The Kier molecular flexibility index (Phi) is 4.71. The predicted molar refractivity (Wildman–Crippen MR) is 111 cm³/mol. The first-order valence-corrected chi connectivity index (χ1v) is 9.02. The molecule has 0 radical (unpaired) electrons. The molecule has 0 saturated heterocycles. The summed E-state index contributed by atoms with van der Waals surface area (Å²) in [5.41, 5.74) is 2.03. The molecule has 0 N–H and O–H groups in total. The van der Waals surface area contributed by atoms with Gasteiger partial charge in [0.15, 0.2) is 0 Å². The van der Waals surface area contributed by atoms with E-state index in [4.69, 9.17) is 4.74 Å². The van der Waals surface area contributed by atoms with E-state index in [0.29, 0.717) is 0 Å². The van der Waals surface area contributed by atoms with Gasteiger partial charge in [0.1, 0.15) is 6.10 Å². The Labute approximate surface area is 158 Å². The number of ether oxygens (including phenoxy) is 1. The number of carbonyl (C=O) groups excluding carboxylic acids is 1. The van der Waals surface area contributed by atoms with Crippen LogP contribution in [0.2, 0.25) is 0 Å². The van der Waals surface area contributed by atoms with Crippen LogP contribution in [0.1, 0.15) is 24.2 Å². The molecule has 0 bridgehead atoms. The minimum Gasteiger partial charge on any atom is -0.453 e. The second-order valence-electron chi connectivity index (χ2n) is 6.60. The highest BCUT2D eigenvalue weighted by Gasteiger charge is 2.12. The first kappa shape index (κ1) is 17.0. The third-order valence-electron chi connectivity index (χ3n) is 4.63. The van der Waals surface area contributed by atoms with Crippen LogP contribution in [0.15, 0.2) is 91.0 Å². The van der Waals surface area contributed by atoms with Gasteiger partial charge in [0.2, 0.25) is 0 Å². The number of benzene rings is 4. The standard InChI is InChI=1S/C25H20O2/c1-18(26)27-25(24-14-13-21-7-3-5-9-23(21)17-24)15-11-19-10-12-20-6-2-4-8-22(20)16-19/h2-17,25H,1H3/b15-11+. The molecule has 0 aliphatic rings. The summed E-state index contributed by atoms with van der Waals surface area (Å²) in [7, 11) is 0. The van der Waals surface area contributed by atoms with Gasteiger partial charge in [-0.1, -0.05) is 78.9 Å². The SMILES string of the molecule is CC(=O)OC(/C=C/c1ccc2ccccc2c1)c1ccc2ccccc2c1. The van der Waals surface area contributed by atoms with Crippen LogP contribution in [-0.4, -0.2) is 5.97 Å². The van der Waals surface area contributed by atoms with Crippen molar-refractivity contribution in [3.8, 4) is 0 Å². The Balaban J connectivity index is 1.67. The van der Waals surface area contributed by atoms with E-state index in [9.17, 15) is 4.79 Å². The molecule has 27 heavy (non-hydrogen) atoms. The van der Waals surface area contributed by atoms with E-state index >= 15 is 0 Å². The lowest BCUT2D eigenvalue weighted by atomic mass is 10.0. The molecule has 4 aromatic rings. The molecule has 132 valence electrons. The molecule has 1 unspecified atom stereocenters. The summed E-state index contributed by atoms with van der Waals surface area (Å²) in [6, 6.07) is 28.9. The minimum atomic E-state index is -0.418. The van der Waals surface area contributed by atoms with Crippen molar-refractivity contribution in [2.75, 3.05) is 0 Å². The summed E-state index contributed by atoms with van der Waals surface area (Å²) >= 11 is 0. The van der Waals surface area contributed by atoms with Crippen molar-refractivity contribution < 1.29 is 9.53 Å². The number of rotatable bonds is 4. The highest BCUT2D eigenvalue weighted by atomic mass is 16.5. The summed E-state index contributed by atoms with van der Waals surface area (Å²) < 4.78 is 5.57. The molecule has 0 saturated carbocycles. The van der Waals surface area contributed by atoms with E-state index in [1.54, 1.807) is 0 Å². The number of esters is 1. The second kappa shape index (κ2) is 7.46. The van der Waals surface area contributed by atoms with Gasteiger partial charge >= 0.3 is 5.97 Å².